The topological polar surface area (TPSA) is 52.6 Å². The average Bonchev–Trinajstić information content (AvgIpc) is 2.74. The highest BCUT2D eigenvalue weighted by molar-refractivity contribution is 5.89. The van der Waals surface area contributed by atoms with Crippen molar-refractivity contribution < 1.29 is 19.1 Å². The first-order valence-electron chi connectivity index (χ1n) is 8.56. The van der Waals surface area contributed by atoms with Crippen molar-refractivity contribution in [3.8, 4) is 0 Å². The summed E-state index contributed by atoms with van der Waals surface area (Å²) >= 11 is 0. The first kappa shape index (κ1) is 19.9. The van der Waals surface area contributed by atoms with Gasteiger partial charge in [0, 0.05) is 0 Å². The third kappa shape index (κ3) is 7.57. The molecular formula is C23H22O4. The van der Waals surface area contributed by atoms with Crippen LogP contribution in [0.2, 0.25) is 0 Å². The minimum Gasteiger partial charge on any atom is -0.469 e. The molecule has 0 amide bonds. The largest absolute Gasteiger partial charge is 0.469 e. The van der Waals surface area contributed by atoms with Gasteiger partial charge in [-0.3, -0.25) is 4.79 Å². The Bertz CT molecular complexity index is 815. The summed E-state index contributed by atoms with van der Waals surface area (Å²) in [5.74, 6) is -0.486. The van der Waals surface area contributed by atoms with Crippen molar-refractivity contribution in [1.82, 2.24) is 0 Å². The van der Waals surface area contributed by atoms with Crippen molar-refractivity contribution in [3.63, 3.8) is 0 Å². The lowest BCUT2D eigenvalue weighted by Gasteiger charge is -2.04. The van der Waals surface area contributed by atoms with Crippen molar-refractivity contribution in [1.29, 1.82) is 0 Å². The van der Waals surface area contributed by atoms with Gasteiger partial charge in [-0.05, 0) is 23.3 Å². The summed E-state index contributed by atoms with van der Waals surface area (Å²) in [5.41, 5.74) is 2.56. The first-order chi connectivity index (χ1) is 13.2. The number of carbonyl (C=O) groups is 2. The number of hydrogen-bond acceptors (Lipinski definition) is 4. The fourth-order valence-corrected chi connectivity index (χ4v) is 2.22. The Balaban J connectivity index is 0.000000208. The van der Waals surface area contributed by atoms with E-state index >= 15 is 0 Å². The van der Waals surface area contributed by atoms with Crippen molar-refractivity contribution in [2.75, 3.05) is 7.11 Å². The summed E-state index contributed by atoms with van der Waals surface area (Å²) in [6.07, 6.45) is 0.358. The van der Waals surface area contributed by atoms with E-state index in [9.17, 15) is 9.59 Å². The molecule has 3 aromatic carbocycles. The van der Waals surface area contributed by atoms with Crippen LogP contribution in [0.4, 0.5) is 0 Å². The molecule has 0 unspecified atom stereocenters. The maximum Gasteiger partial charge on any atom is 0.338 e. The minimum absolute atomic E-state index is 0.198. The molecule has 0 heterocycles. The van der Waals surface area contributed by atoms with Gasteiger partial charge in [0.2, 0.25) is 0 Å². The summed E-state index contributed by atoms with van der Waals surface area (Å²) in [6.45, 7) is 0.314. The molecule has 0 aliphatic carbocycles. The van der Waals surface area contributed by atoms with Crippen LogP contribution in [0, 0.1) is 0 Å². The van der Waals surface area contributed by atoms with E-state index in [2.05, 4.69) is 4.74 Å². The summed E-state index contributed by atoms with van der Waals surface area (Å²) in [6, 6.07) is 28.1. The molecular weight excluding hydrogens is 340 g/mol. The van der Waals surface area contributed by atoms with Gasteiger partial charge < -0.3 is 9.47 Å². The average molecular weight is 362 g/mol. The van der Waals surface area contributed by atoms with Gasteiger partial charge in [0.1, 0.15) is 6.61 Å². The Labute approximate surface area is 159 Å². The molecule has 0 aromatic heterocycles. The summed E-state index contributed by atoms with van der Waals surface area (Å²) < 4.78 is 9.69. The van der Waals surface area contributed by atoms with Gasteiger partial charge in [0.05, 0.1) is 19.1 Å². The third-order valence-electron chi connectivity index (χ3n) is 3.64. The molecule has 4 nitrogen and oxygen atoms in total. The molecule has 4 heteroatoms. The van der Waals surface area contributed by atoms with Gasteiger partial charge in [-0.25, -0.2) is 4.79 Å². The van der Waals surface area contributed by atoms with E-state index in [0.717, 1.165) is 11.1 Å². The number of rotatable bonds is 5. The number of esters is 2. The predicted octanol–water partition coefficient (Wildman–Crippen LogP) is 4.45. The fourth-order valence-electron chi connectivity index (χ4n) is 2.22. The van der Waals surface area contributed by atoms with E-state index in [1.807, 2.05) is 78.9 Å². The van der Waals surface area contributed by atoms with E-state index in [1.54, 1.807) is 12.1 Å². The van der Waals surface area contributed by atoms with Crippen molar-refractivity contribution in [2.45, 2.75) is 13.0 Å². The molecule has 0 aliphatic heterocycles. The van der Waals surface area contributed by atoms with Gasteiger partial charge in [-0.1, -0.05) is 78.9 Å². The summed E-state index contributed by atoms with van der Waals surface area (Å²) in [5, 5.41) is 0. The molecule has 0 saturated carbocycles. The standard InChI is InChI=1S/C14H12O2.C9H10O2/c15-14(13-9-5-2-6-10-13)16-11-12-7-3-1-4-8-12;1-11-9(10)7-8-5-3-2-4-6-8/h1-10H,11H2;2-6H,7H2,1H3. The Morgan fingerprint density at radius 2 is 1.19 bits per heavy atom. The second-order valence-corrected chi connectivity index (χ2v) is 5.67. The lowest BCUT2D eigenvalue weighted by molar-refractivity contribution is -0.139. The summed E-state index contributed by atoms with van der Waals surface area (Å²) in [4.78, 5) is 22.4. The third-order valence-corrected chi connectivity index (χ3v) is 3.64. The molecule has 0 aliphatic rings. The Morgan fingerprint density at radius 3 is 1.70 bits per heavy atom. The Kier molecular flexibility index (Phi) is 8.31. The number of carbonyl (C=O) groups excluding carboxylic acids is 2. The number of hydrogen-bond donors (Lipinski definition) is 0. The highest BCUT2D eigenvalue weighted by Gasteiger charge is 2.05. The number of methoxy groups -OCH3 is 1. The molecule has 3 rings (SSSR count). The van der Waals surface area contributed by atoms with E-state index in [-0.39, 0.29) is 11.9 Å². The molecule has 27 heavy (non-hydrogen) atoms. The van der Waals surface area contributed by atoms with Crippen LogP contribution in [-0.4, -0.2) is 19.0 Å². The molecule has 138 valence electrons. The van der Waals surface area contributed by atoms with Gasteiger partial charge >= 0.3 is 11.9 Å². The normalized spacial score (nSPS) is 9.52. The Hall–Kier alpha value is -3.40. The second-order valence-electron chi connectivity index (χ2n) is 5.67. The van der Waals surface area contributed by atoms with Crippen LogP contribution >= 0.6 is 0 Å². The molecule has 0 atom stereocenters. The molecule has 0 spiro atoms. The predicted molar refractivity (Wildman–Crippen MR) is 104 cm³/mol. The monoisotopic (exact) mass is 362 g/mol. The molecule has 0 bridgehead atoms. The van der Waals surface area contributed by atoms with Gasteiger partial charge in [-0.2, -0.15) is 0 Å². The molecule has 3 aromatic rings. The van der Waals surface area contributed by atoms with Crippen LogP contribution < -0.4 is 0 Å². The highest BCUT2D eigenvalue weighted by Crippen LogP contribution is 2.05. The van der Waals surface area contributed by atoms with Crippen molar-refractivity contribution in [3.05, 3.63) is 108 Å². The quantitative estimate of drug-likeness (QED) is 0.630. The fraction of sp³-hybridized carbons (Fsp3) is 0.130. The maximum absolute atomic E-state index is 11.6. The number of ether oxygens (including phenoxy) is 2. The van der Waals surface area contributed by atoms with Crippen LogP contribution in [0.5, 0.6) is 0 Å². The zero-order valence-electron chi connectivity index (χ0n) is 15.2. The Morgan fingerprint density at radius 1 is 0.704 bits per heavy atom. The molecule has 0 fully saturated rings. The highest BCUT2D eigenvalue weighted by atomic mass is 16.5. The zero-order valence-corrected chi connectivity index (χ0v) is 15.2. The maximum atomic E-state index is 11.6. The van der Waals surface area contributed by atoms with E-state index in [4.69, 9.17) is 4.74 Å². The first-order valence-corrected chi connectivity index (χ1v) is 8.56. The lowest BCUT2D eigenvalue weighted by Crippen LogP contribution is -2.04. The van der Waals surface area contributed by atoms with Gasteiger partial charge in [0.15, 0.2) is 0 Å². The summed E-state index contributed by atoms with van der Waals surface area (Å²) in [7, 11) is 1.39. The van der Waals surface area contributed by atoms with Crippen LogP contribution in [0.15, 0.2) is 91.0 Å². The lowest BCUT2D eigenvalue weighted by atomic mass is 10.2. The number of benzene rings is 3. The second kappa shape index (κ2) is 11.3. The SMILES string of the molecule is COC(=O)Cc1ccccc1.O=C(OCc1ccccc1)c1ccccc1. The van der Waals surface area contributed by atoms with Gasteiger partial charge in [0.25, 0.3) is 0 Å². The van der Waals surface area contributed by atoms with Crippen molar-refractivity contribution >= 4 is 11.9 Å². The van der Waals surface area contributed by atoms with Crippen LogP contribution in [0.25, 0.3) is 0 Å². The van der Waals surface area contributed by atoms with E-state index in [1.165, 1.54) is 7.11 Å². The molecule has 0 radical (unpaired) electrons. The molecule has 0 saturated heterocycles. The smallest absolute Gasteiger partial charge is 0.338 e. The zero-order chi connectivity index (χ0) is 19.3. The van der Waals surface area contributed by atoms with E-state index in [0.29, 0.717) is 18.6 Å². The van der Waals surface area contributed by atoms with Gasteiger partial charge in [-0.15, -0.1) is 0 Å². The minimum atomic E-state index is -0.288. The van der Waals surface area contributed by atoms with Crippen molar-refractivity contribution in [2.24, 2.45) is 0 Å². The van der Waals surface area contributed by atoms with Crippen LogP contribution in [-0.2, 0) is 27.3 Å². The van der Waals surface area contributed by atoms with Crippen LogP contribution in [0.3, 0.4) is 0 Å². The van der Waals surface area contributed by atoms with E-state index < -0.39 is 0 Å². The molecule has 0 N–H and O–H groups in total. The van der Waals surface area contributed by atoms with Crippen LogP contribution in [0.1, 0.15) is 21.5 Å².